The molecule has 0 N–H and O–H groups in total. The zero-order valence-corrected chi connectivity index (χ0v) is 36.6. The Kier molecular flexibility index (Phi) is 8.46. The van der Waals surface area contributed by atoms with Gasteiger partial charge in [0.1, 0.15) is 5.58 Å². The van der Waals surface area contributed by atoms with Gasteiger partial charge in [0.15, 0.2) is 0 Å². The summed E-state index contributed by atoms with van der Waals surface area (Å²) in [6.07, 6.45) is 1.98. The second-order valence-electron chi connectivity index (χ2n) is 15.8. The van der Waals surface area contributed by atoms with Gasteiger partial charge >= 0.3 is 149 Å². The van der Waals surface area contributed by atoms with Gasteiger partial charge in [-0.1, -0.05) is 80.3 Å². The SMILES string of the molecule is [2H]C([2H])([2H])c1c(-c2ccccc2)ccc2oc3[c-]c(-c4cc(C([2H])([2H])C(C)(C)C)ccn4)ccc3c12.[2H]C([2H])([2H])c1c[c-]c(-c2cc[c]([Ge]([CH3])([CH3])[CH3])cn2)c2oc3ccccc3c12.[Ir]. The third-order valence-corrected chi connectivity index (χ3v) is 13.8. The molecular formula is C50H46GeIrN2O2-2. The molecule has 5 aromatic carbocycles. The molecule has 4 nitrogen and oxygen atoms in total. The van der Waals surface area contributed by atoms with Gasteiger partial charge in [-0.15, -0.1) is 17.7 Å². The molecule has 0 unspecified atom stereocenters. The van der Waals surface area contributed by atoms with Crippen molar-refractivity contribution >= 4 is 61.5 Å². The van der Waals surface area contributed by atoms with E-state index in [9.17, 15) is 0 Å². The predicted octanol–water partition coefficient (Wildman–Crippen LogP) is 13.3. The average Bonchev–Trinajstić information content (AvgIpc) is 3.81. The first kappa shape index (κ1) is 30.3. The molecule has 1 radical (unpaired) electrons. The van der Waals surface area contributed by atoms with Crippen molar-refractivity contribution in [1.82, 2.24) is 9.97 Å². The summed E-state index contributed by atoms with van der Waals surface area (Å²) in [6.45, 7) is 1.01. The van der Waals surface area contributed by atoms with Gasteiger partial charge in [-0.05, 0) is 58.5 Å². The first-order valence-corrected chi connectivity index (χ1v) is 25.7. The van der Waals surface area contributed by atoms with E-state index in [1.807, 2.05) is 99.8 Å². The molecule has 283 valence electrons. The number of benzene rings is 5. The van der Waals surface area contributed by atoms with Crippen LogP contribution >= 0.6 is 0 Å². The van der Waals surface area contributed by atoms with E-state index in [1.165, 1.54) is 4.40 Å². The first-order valence-electron chi connectivity index (χ1n) is 22.3. The van der Waals surface area contributed by atoms with E-state index in [2.05, 4.69) is 45.4 Å². The van der Waals surface area contributed by atoms with Crippen molar-refractivity contribution in [3.63, 3.8) is 0 Å². The molecule has 4 aromatic heterocycles. The Balaban J connectivity index is 0.000000196. The summed E-state index contributed by atoms with van der Waals surface area (Å²) in [7, 11) is 0. The van der Waals surface area contributed by atoms with Crippen LogP contribution in [0.15, 0.2) is 130 Å². The van der Waals surface area contributed by atoms with E-state index >= 15 is 0 Å². The van der Waals surface area contributed by atoms with Crippen LogP contribution in [0.5, 0.6) is 0 Å². The van der Waals surface area contributed by atoms with Crippen molar-refractivity contribution in [1.29, 1.82) is 0 Å². The maximum atomic E-state index is 8.61. The van der Waals surface area contributed by atoms with Gasteiger partial charge in [0.25, 0.3) is 0 Å². The second-order valence-corrected chi connectivity index (χ2v) is 26.5. The quantitative estimate of drug-likeness (QED) is 0.127. The van der Waals surface area contributed by atoms with Crippen LogP contribution in [0.1, 0.15) is 48.4 Å². The molecule has 0 aliphatic heterocycles. The zero-order valence-electron chi connectivity index (χ0n) is 40.1. The van der Waals surface area contributed by atoms with Gasteiger partial charge in [-0.3, -0.25) is 0 Å². The van der Waals surface area contributed by atoms with Crippen LogP contribution in [0.2, 0.25) is 17.3 Å². The minimum absolute atomic E-state index is 0. The Labute approximate surface area is 357 Å². The van der Waals surface area contributed by atoms with Crippen LogP contribution in [0.25, 0.3) is 77.5 Å². The zero-order chi connectivity index (χ0) is 45.3. The maximum absolute atomic E-state index is 8.61. The number of pyridine rings is 2. The number of rotatable bonds is 5. The summed E-state index contributed by atoms with van der Waals surface area (Å²) >= 11 is -1.95. The number of aryl methyl sites for hydroxylation is 2. The average molecular weight is 980 g/mol. The molecule has 0 saturated carbocycles. The number of hydrogen-bond donors (Lipinski definition) is 0. The summed E-state index contributed by atoms with van der Waals surface area (Å²) in [5, 5.41) is 2.65. The van der Waals surface area contributed by atoms with Crippen molar-refractivity contribution in [2.24, 2.45) is 5.41 Å². The van der Waals surface area contributed by atoms with Gasteiger partial charge in [0.2, 0.25) is 0 Å². The molecule has 6 heteroatoms. The summed E-state index contributed by atoms with van der Waals surface area (Å²) < 4.78 is 79.3. The van der Waals surface area contributed by atoms with Gasteiger partial charge < -0.3 is 9.40 Å². The smallest absolute Gasteiger partial charge is 0 e. The number of para-hydroxylation sites is 1. The molecule has 0 spiro atoms. The Bertz CT molecular complexity index is 3150. The molecule has 0 bridgehead atoms. The van der Waals surface area contributed by atoms with Gasteiger partial charge in [0.05, 0.1) is 5.58 Å². The molecule has 9 aromatic rings. The summed E-state index contributed by atoms with van der Waals surface area (Å²) in [5.74, 6) is 6.97. The minimum Gasteiger partial charge on any atom is 0 e. The molecule has 0 aliphatic carbocycles. The summed E-state index contributed by atoms with van der Waals surface area (Å²) in [6, 6.07) is 39.7. The summed E-state index contributed by atoms with van der Waals surface area (Å²) in [5.41, 5.74) is 6.70. The monoisotopic (exact) mass is 981 g/mol. The maximum Gasteiger partial charge on any atom is 0 e. The van der Waals surface area contributed by atoms with Crippen LogP contribution in [0.3, 0.4) is 0 Å². The van der Waals surface area contributed by atoms with Gasteiger partial charge in [-0.2, -0.15) is 0 Å². The molecule has 56 heavy (non-hydrogen) atoms. The second kappa shape index (κ2) is 15.6. The fourth-order valence-electron chi connectivity index (χ4n) is 6.84. The third-order valence-electron chi connectivity index (χ3n) is 9.54. The number of aromatic nitrogens is 2. The van der Waals surface area contributed by atoms with Gasteiger partial charge in [0, 0.05) is 33.2 Å². The largest absolute Gasteiger partial charge is 0 e. The van der Waals surface area contributed by atoms with Crippen molar-refractivity contribution in [2.75, 3.05) is 0 Å². The molecule has 0 saturated heterocycles. The van der Waals surface area contributed by atoms with Crippen LogP contribution < -0.4 is 4.40 Å². The van der Waals surface area contributed by atoms with Crippen LogP contribution in [-0.4, -0.2) is 23.2 Å². The fraction of sp³-hybridized carbons (Fsp3) is 0.200. The molecule has 9 rings (SSSR count). The van der Waals surface area contributed by atoms with E-state index < -0.39 is 38.8 Å². The topological polar surface area (TPSA) is 52.1 Å². The van der Waals surface area contributed by atoms with Gasteiger partial charge in [-0.25, -0.2) is 0 Å². The molecule has 0 amide bonds. The Morgan fingerprint density at radius 2 is 1.57 bits per heavy atom. The van der Waals surface area contributed by atoms with Crippen molar-refractivity contribution in [3.05, 3.63) is 150 Å². The predicted molar refractivity (Wildman–Crippen MR) is 233 cm³/mol. The van der Waals surface area contributed by atoms with Crippen molar-refractivity contribution in [3.8, 4) is 33.6 Å². The summed E-state index contributed by atoms with van der Waals surface area (Å²) in [4.78, 5) is 9.09. The normalized spacial score (nSPS) is 14.7. The number of fused-ring (bicyclic) bond motifs is 6. The van der Waals surface area contributed by atoms with Crippen LogP contribution in [0.4, 0.5) is 0 Å². The van der Waals surface area contributed by atoms with Crippen LogP contribution in [0, 0.1) is 31.3 Å². The Morgan fingerprint density at radius 3 is 2.30 bits per heavy atom. The minimum atomic E-state index is -2.35. The van der Waals surface area contributed by atoms with E-state index in [0.29, 0.717) is 66.4 Å². The molecule has 0 fully saturated rings. The number of hydrogen-bond acceptors (Lipinski definition) is 4. The first-order chi connectivity index (χ1) is 29.5. The van der Waals surface area contributed by atoms with E-state index in [1.54, 1.807) is 36.5 Å². The Hall–Kier alpha value is -4.81. The van der Waals surface area contributed by atoms with E-state index in [0.717, 1.165) is 16.6 Å². The number of nitrogens with zero attached hydrogens (tertiary/aromatic N) is 2. The Morgan fingerprint density at radius 1 is 0.768 bits per heavy atom. The third kappa shape index (κ3) is 7.91. The van der Waals surface area contributed by atoms with E-state index in [4.69, 9.17) is 19.8 Å². The van der Waals surface area contributed by atoms with E-state index in [-0.39, 0.29) is 31.2 Å². The van der Waals surface area contributed by atoms with Crippen molar-refractivity contribution < 1.29 is 39.9 Å². The molecule has 0 atom stereocenters. The van der Waals surface area contributed by atoms with Crippen molar-refractivity contribution in [2.45, 2.75) is 58.1 Å². The number of furan rings is 2. The van der Waals surface area contributed by atoms with Crippen LogP contribution in [-0.2, 0) is 26.5 Å². The molecule has 0 aliphatic rings. The standard InChI is InChI=1S/C29H26NO.C21H20GeNO.Ir/c1-19-23(21-8-6-5-7-9-21)12-13-26-28(19)24-11-10-22(17-27(24)31-26)25-16-20(14-15-30-25)18-29(2,3)4;1-14-9-11-16(18-12-10-15(13-23-18)22(2,3)4)21-20(14)17-7-5-6-8-19(17)24-21;/h5-16H,18H2,1-4H3;5-10,12-13H,1-4H3;/q2*-1;/i1D3,18D2;1D3;. The fourth-order valence-corrected chi connectivity index (χ4v) is 9.01. The molecule has 4 heterocycles. The molecular weight excluding hydrogens is 925 g/mol.